The van der Waals surface area contributed by atoms with Crippen molar-refractivity contribution in [1.29, 1.82) is 0 Å². The minimum Gasteiger partial charge on any atom is -0.321 e. The zero-order valence-electron chi connectivity index (χ0n) is 35.9. The molecule has 0 radical (unpaired) electrons. The first-order chi connectivity index (χ1) is 23.1. The maximum absolute atomic E-state index is 11.6. The van der Waals surface area contributed by atoms with E-state index in [2.05, 4.69) is 52.2 Å². The first kappa shape index (κ1) is 57.2. The number of carbonyl (C=O) groups excluding carboxylic acids is 3. The highest BCUT2D eigenvalue weighted by Crippen LogP contribution is 2.17. The molecule has 7 nitrogen and oxygen atoms in total. The molecule has 7 heteroatoms. The van der Waals surface area contributed by atoms with Crippen molar-refractivity contribution in [3.8, 4) is 0 Å². The van der Waals surface area contributed by atoms with Gasteiger partial charge in [-0.05, 0) is 71.4 Å². The number of carbonyl (C=O) groups is 3. The molecule has 1 rings (SSSR count). The summed E-state index contributed by atoms with van der Waals surface area (Å²) in [5, 5.41) is 7.14. The van der Waals surface area contributed by atoms with Gasteiger partial charge in [-0.25, -0.2) is 0 Å². The number of ketones is 3. The molecule has 0 aliphatic heterocycles. The predicted octanol–water partition coefficient (Wildman–Crippen LogP) is 10.2. The van der Waals surface area contributed by atoms with E-state index in [9.17, 15) is 14.4 Å². The largest absolute Gasteiger partial charge is 0.321 e. The molecule has 0 saturated heterocycles. The molecule has 2 unspecified atom stereocenters. The number of nitrogens with one attached hydrogen (secondary N) is 2. The monoisotopic (exact) mass is 701 g/mol. The molecule has 1 saturated carbocycles. The first-order valence-corrected chi connectivity index (χ1v) is 20.7. The Labute approximate surface area is 308 Å². The summed E-state index contributed by atoms with van der Waals surface area (Å²) in [6.45, 7) is 32.1. The third-order valence-corrected chi connectivity index (χ3v) is 8.02. The molecular weight excluding hydrogens is 608 g/mol. The van der Waals surface area contributed by atoms with E-state index in [1.54, 1.807) is 6.92 Å². The van der Waals surface area contributed by atoms with Gasteiger partial charge in [-0.15, -0.1) is 0 Å². The summed E-state index contributed by atoms with van der Waals surface area (Å²) in [5.74, 6) is 1.00. The average Bonchev–Trinajstić information content (AvgIpc) is 3.07. The van der Waals surface area contributed by atoms with Crippen LogP contribution >= 0.6 is 0 Å². The van der Waals surface area contributed by atoms with E-state index >= 15 is 0 Å². The maximum Gasteiger partial charge on any atom is 0.152 e. The summed E-state index contributed by atoms with van der Waals surface area (Å²) in [6, 6.07) is 0.869. The molecule has 1 aliphatic rings. The molecule has 0 heterocycles. The zero-order chi connectivity index (χ0) is 39.2. The molecule has 1 aliphatic carbocycles. The van der Waals surface area contributed by atoms with Gasteiger partial charge in [0, 0.05) is 29.8 Å². The van der Waals surface area contributed by atoms with E-state index in [-0.39, 0.29) is 47.2 Å². The molecule has 0 aromatic carbocycles. The lowest BCUT2D eigenvalue weighted by Gasteiger charge is -2.22. The Morgan fingerprint density at radius 3 is 1.27 bits per heavy atom. The molecule has 49 heavy (non-hydrogen) atoms. The second-order valence-electron chi connectivity index (χ2n) is 14.3. The third-order valence-electron chi connectivity index (χ3n) is 8.02. The highest BCUT2D eigenvalue weighted by atomic mass is 16.1. The molecule has 0 aromatic rings. The highest BCUT2D eigenvalue weighted by Gasteiger charge is 2.17. The van der Waals surface area contributed by atoms with Crippen LogP contribution in [0.25, 0.3) is 0 Å². The Balaban J connectivity index is -0.000000191. The minimum absolute atomic E-state index is 0.0627. The second kappa shape index (κ2) is 43.0. The fourth-order valence-electron chi connectivity index (χ4n) is 4.62. The van der Waals surface area contributed by atoms with Crippen LogP contribution in [0.4, 0.5) is 0 Å². The van der Waals surface area contributed by atoms with Crippen molar-refractivity contribution in [2.45, 2.75) is 224 Å². The van der Waals surface area contributed by atoms with E-state index < -0.39 is 0 Å². The summed E-state index contributed by atoms with van der Waals surface area (Å²) >= 11 is 0. The lowest BCUT2D eigenvalue weighted by atomic mass is 9.95. The van der Waals surface area contributed by atoms with Gasteiger partial charge in [-0.1, -0.05) is 142 Å². The van der Waals surface area contributed by atoms with Crippen molar-refractivity contribution in [2.75, 3.05) is 13.1 Å². The molecule has 298 valence electrons. The van der Waals surface area contributed by atoms with E-state index in [1.807, 2.05) is 55.4 Å². The standard InChI is InChI=1S/C15H30N2O.C14H30N2O.C5H10O.2C3H8.C2H6/c1-12(2)15(18)14(16)10-6-7-11-17-13-8-4-3-5-9-13;1-5-12(6-2)16-10-8-7-9-13(15)14(17)11(3)4;1-4(2)5(3)6;2*1-3-2;1-2/h12-14,17H,3-11,16H2,1-2H3;11-13,16H,5-10,15H2,1-4H3;4H,1-3H3;2*3H2,1-2H3;1-2H3. The van der Waals surface area contributed by atoms with Crippen LogP contribution in [-0.2, 0) is 14.4 Å². The van der Waals surface area contributed by atoms with Gasteiger partial charge in [0.25, 0.3) is 0 Å². The SMILES string of the molecule is CC.CC(=O)C(C)C.CC(C)C(=O)C(N)CCCCNC1CCCCC1.CCC.CCC.CCC(CC)NCCCCC(N)C(=O)C(C)C. The zero-order valence-corrected chi connectivity index (χ0v) is 35.9. The Hall–Kier alpha value is -1.15. The fraction of sp³-hybridized carbons (Fsp3) is 0.929. The summed E-state index contributed by atoms with van der Waals surface area (Å²) in [4.78, 5) is 33.3. The fourth-order valence-corrected chi connectivity index (χ4v) is 4.62. The molecule has 0 bridgehead atoms. The van der Waals surface area contributed by atoms with Gasteiger partial charge in [0.1, 0.15) is 5.78 Å². The Morgan fingerprint density at radius 1 is 0.612 bits per heavy atom. The van der Waals surface area contributed by atoms with Crippen LogP contribution in [0.15, 0.2) is 0 Å². The number of Topliss-reactive ketones (excluding diaryl/α,β-unsaturated/α-hetero) is 3. The number of hydrogen-bond acceptors (Lipinski definition) is 7. The lowest BCUT2D eigenvalue weighted by molar-refractivity contribution is -0.124. The van der Waals surface area contributed by atoms with Gasteiger partial charge in [0.2, 0.25) is 0 Å². The summed E-state index contributed by atoms with van der Waals surface area (Å²) < 4.78 is 0. The van der Waals surface area contributed by atoms with E-state index in [4.69, 9.17) is 11.5 Å². The van der Waals surface area contributed by atoms with Crippen molar-refractivity contribution >= 4 is 17.3 Å². The Morgan fingerprint density at radius 2 is 0.959 bits per heavy atom. The summed E-state index contributed by atoms with van der Waals surface area (Å²) in [5.41, 5.74) is 11.7. The molecule has 2 atom stereocenters. The van der Waals surface area contributed by atoms with Crippen molar-refractivity contribution in [3.05, 3.63) is 0 Å². The van der Waals surface area contributed by atoms with Crippen LogP contribution in [0, 0.1) is 17.8 Å². The Bertz CT molecular complexity index is 685. The quantitative estimate of drug-likeness (QED) is 0.0988. The van der Waals surface area contributed by atoms with Crippen LogP contribution in [0.1, 0.15) is 200 Å². The third kappa shape index (κ3) is 42.9. The van der Waals surface area contributed by atoms with E-state index in [0.29, 0.717) is 6.04 Å². The van der Waals surface area contributed by atoms with Crippen molar-refractivity contribution < 1.29 is 14.4 Å². The number of unbranched alkanes of at least 4 members (excludes halogenated alkanes) is 2. The second-order valence-corrected chi connectivity index (χ2v) is 14.3. The maximum atomic E-state index is 11.6. The number of hydrogen-bond donors (Lipinski definition) is 4. The average molecular weight is 701 g/mol. The smallest absolute Gasteiger partial charge is 0.152 e. The van der Waals surface area contributed by atoms with Gasteiger partial charge < -0.3 is 22.1 Å². The predicted molar refractivity (Wildman–Crippen MR) is 219 cm³/mol. The van der Waals surface area contributed by atoms with Crippen LogP contribution < -0.4 is 22.1 Å². The lowest BCUT2D eigenvalue weighted by Crippen LogP contribution is -2.34. The van der Waals surface area contributed by atoms with Crippen LogP contribution in [-0.4, -0.2) is 54.6 Å². The normalized spacial score (nSPS) is 13.7. The van der Waals surface area contributed by atoms with E-state index in [0.717, 1.165) is 57.7 Å². The summed E-state index contributed by atoms with van der Waals surface area (Å²) in [7, 11) is 0. The van der Waals surface area contributed by atoms with Gasteiger partial charge in [-0.2, -0.15) is 0 Å². The van der Waals surface area contributed by atoms with Gasteiger partial charge in [-0.3, -0.25) is 14.4 Å². The number of nitrogens with two attached hydrogens (primary N) is 2. The molecule has 6 N–H and O–H groups in total. The summed E-state index contributed by atoms with van der Waals surface area (Å²) in [6.07, 6.45) is 17.7. The van der Waals surface area contributed by atoms with Gasteiger partial charge >= 0.3 is 0 Å². The van der Waals surface area contributed by atoms with Gasteiger partial charge in [0.05, 0.1) is 12.1 Å². The first-order valence-electron chi connectivity index (χ1n) is 20.7. The molecular formula is C42H92N4O3. The van der Waals surface area contributed by atoms with Crippen LogP contribution in [0.5, 0.6) is 0 Å². The minimum atomic E-state index is -0.261. The van der Waals surface area contributed by atoms with Crippen molar-refractivity contribution in [1.82, 2.24) is 10.6 Å². The van der Waals surface area contributed by atoms with Gasteiger partial charge in [0.15, 0.2) is 11.6 Å². The molecule has 0 spiro atoms. The highest BCUT2D eigenvalue weighted by molar-refractivity contribution is 5.85. The molecule has 0 aromatic heterocycles. The Kier molecular flexibility index (Phi) is 50.2. The van der Waals surface area contributed by atoms with Crippen molar-refractivity contribution in [2.24, 2.45) is 29.2 Å². The molecule has 0 amide bonds. The van der Waals surface area contributed by atoms with Crippen molar-refractivity contribution in [3.63, 3.8) is 0 Å². The topological polar surface area (TPSA) is 127 Å². The molecule has 1 fully saturated rings. The van der Waals surface area contributed by atoms with Crippen LogP contribution in [0.3, 0.4) is 0 Å². The van der Waals surface area contributed by atoms with Crippen LogP contribution in [0.2, 0.25) is 0 Å². The van der Waals surface area contributed by atoms with E-state index in [1.165, 1.54) is 57.8 Å². The number of rotatable bonds is 19.